The topological polar surface area (TPSA) is 40.5 Å². The lowest BCUT2D eigenvalue weighted by atomic mass is 9.82. The fourth-order valence-electron chi connectivity index (χ4n) is 2.13. The number of β-amino-alcohol motifs (C(OH)–C–C–N with tert-alkyl or cyclic N) is 1. The number of halogens is 3. The van der Waals surface area contributed by atoms with Gasteiger partial charge < -0.3 is 10.0 Å². The molecular formula is C14H16F3NO2. The molecule has 0 atom stereocenters. The average Bonchev–Trinajstić information content (AvgIpc) is 2.33. The van der Waals surface area contributed by atoms with Crippen LogP contribution >= 0.6 is 0 Å². The second-order valence-corrected chi connectivity index (χ2v) is 5.50. The molecule has 0 bridgehead atoms. The Balaban J connectivity index is 2.12. The first-order valence-corrected chi connectivity index (χ1v) is 6.32. The molecule has 1 fully saturated rings. The van der Waals surface area contributed by atoms with Crippen LogP contribution in [0.3, 0.4) is 0 Å². The molecule has 1 aromatic carbocycles. The van der Waals surface area contributed by atoms with Gasteiger partial charge in [-0.05, 0) is 24.1 Å². The summed E-state index contributed by atoms with van der Waals surface area (Å²) in [6, 6.07) is 4.33. The molecule has 1 aliphatic heterocycles. The minimum absolute atomic E-state index is 0.00643. The van der Waals surface area contributed by atoms with Crippen LogP contribution < -0.4 is 0 Å². The van der Waals surface area contributed by atoms with E-state index in [4.69, 9.17) is 0 Å². The van der Waals surface area contributed by atoms with Crippen LogP contribution in [0.2, 0.25) is 0 Å². The molecule has 1 aliphatic rings. The van der Waals surface area contributed by atoms with Gasteiger partial charge in [0.2, 0.25) is 0 Å². The lowest BCUT2D eigenvalue weighted by molar-refractivity contribution is -0.137. The van der Waals surface area contributed by atoms with Gasteiger partial charge in [-0.15, -0.1) is 0 Å². The summed E-state index contributed by atoms with van der Waals surface area (Å²) in [4.78, 5) is 13.4. The zero-order valence-corrected chi connectivity index (χ0v) is 11.2. The molecule has 110 valence electrons. The lowest BCUT2D eigenvalue weighted by Crippen LogP contribution is -2.65. The summed E-state index contributed by atoms with van der Waals surface area (Å²) in [6.45, 7) is 3.98. The van der Waals surface area contributed by atoms with Gasteiger partial charge in [-0.25, -0.2) is 0 Å². The van der Waals surface area contributed by atoms with Gasteiger partial charge in [-0.3, -0.25) is 4.79 Å². The number of hydrogen-bond donors (Lipinski definition) is 1. The van der Waals surface area contributed by atoms with Crippen molar-refractivity contribution in [3.8, 4) is 0 Å². The van der Waals surface area contributed by atoms with Crippen molar-refractivity contribution >= 4 is 5.91 Å². The van der Waals surface area contributed by atoms with Crippen molar-refractivity contribution in [3.63, 3.8) is 0 Å². The maximum atomic E-state index is 12.6. The van der Waals surface area contributed by atoms with Gasteiger partial charge in [0.05, 0.1) is 18.7 Å². The molecule has 1 N–H and O–H groups in total. The van der Waals surface area contributed by atoms with Gasteiger partial charge in [0.15, 0.2) is 0 Å². The number of benzene rings is 1. The van der Waals surface area contributed by atoms with E-state index in [-0.39, 0.29) is 24.6 Å². The molecule has 0 saturated carbocycles. The number of aliphatic hydroxyl groups is 1. The minimum Gasteiger partial charge on any atom is -0.386 e. The standard InChI is InChI=1S/C14H16F3NO2/c1-9(2)13(20)7-18(8-13)12(19)10-4-3-5-11(6-10)14(15,16)17/h3-6,9,20H,7-8H2,1-2H3. The molecule has 1 amide bonds. The SMILES string of the molecule is CC(C)C1(O)CN(C(=O)c2cccc(C(F)(F)F)c2)C1. The van der Waals surface area contributed by atoms with Gasteiger partial charge in [0.1, 0.15) is 5.60 Å². The number of likely N-dealkylation sites (tertiary alicyclic amines) is 1. The molecule has 0 aromatic heterocycles. The zero-order chi connectivity index (χ0) is 15.1. The van der Waals surface area contributed by atoms with Crippen molar-refractivity contribution in [1.29, 1.82) is 0 Å². The number of amides is 1. The van der Waals surface area contributed by atoms with Crippen molar-refractivity contribution in [2.75, 3.05) is 13.1 Å². The van der Waals surface area contributed by atoms with E-state index in [0.717, 1.165) is 12.1 Å². The number of carbonyl (C=O) groups is 1. The van der Waals surface area contributed by atoms with Crippen molar-refractivity contribution in [2.24, 2.45) is 5.92 Å². The monoisotopic (exact) mass is 287 g/mol. The Kier molecular flexibility index (Phi) is 3.54. The van der Waals surface area contributed by atoms with Crippen molar-refractivity contribution < 1.29 is 23.1 Å². The summed E-state index contributed by atoms with van der Waals surface area (Å²) in [5.41, 5.74) is -1.79. The molecule has 0 radical (unpaired) electrons. The quantitative estimate of drug-likeness (QED) is 0.908. The molecule has 0 aliphatic carbocycles. The molecule has 0 spiro atoms. The first-order valence-electron chi connectivity index (χ1n) is 6.32. The summed E-state index contributed by atoms with van der Waals surface area (Å²) in [6.07, 6.45) is -4.47. The van der Waals surface area contributed by atoms with Crippen LogP contribution in [0.1, 0.15) is 29.8 Å². The summed E-state index contributed by atoms with van der Waals surface area (Å²) in [5.74, 6) is -0.491. The van der Waals surface area contributed by atoms with E-state index in [0.29, 0.717) is 0 Å². The van der Waals surface area contributed by atoms with E-state index in [2.05, 4.69) is 0 Å². The third-order valence-corrected chi connectivity index (χ3v) is 3.73. The predicted octanol–water partition coefficient (Wildman–Crippen LogP) is 2.55. The number of nitrogens with zero attached hydrogens (tertiary/aromatic N) is 1. The Hall–Kier alpha value is -1.56. The zero-order valence-electron chi connectivity index (χ0n) is 11.2. The van der Waals surface area contributed by atoms with Gasteiger partial charge >= 0.3 is 6.18 Å². The van der Waals surface area contributed by atoms with E-state index >= 15 is 0 Å². The predicted molar refractivity (Wildman–Crippen MR) is 67.1 cm³/mol. The highest BCUT2D eigenvalue weighted by atomic mass is 19.4. The Morgan fingerprint density at radius 3 is 2.45 bits per heavy atom. The second kappa shape index (κ2) is 4.77. The lowest BCUT2D eigenvalue weighted by Gasteiger charge is -2.49. The van der Waals surface area contributed by atoms with E-state index in [9.17, 15) is 23.1 Å². The molecule has 20 heavy (non-hydrogen) atoms. The van der Waals surface area contributed by atoms with E-state index in [1.165, 1.54) is 17.0 Å². The van der Waals surface area contributed by atoms with Crippen LogP contribution in [0, 0.1) is 5.92 Å². The average molecular weight is 287 g/mol. The number of carbonyl (C=O) groups excluding carboxylic acids is 1. The Morgan fingerprint density at radius 1 is 1.35 bits per heavy atom. The number of alkyl halides is 3. The summed E-state index contributed by atoms with van der Waals surface area (Å²) in [5, 5.41) is 10.1. The van der Waals surface area contributed by atoms with Crippen LogP contribution in [-0.2, 0) is 6.18 Å². The highest BCUT2D eigenvalue weighted by molar-refractivity contribution is 5.95. The molecule has 1 aromatic rings. The third kappa shape index (κ3) is 2.65. The summed E-state index contributed by atoms with van der Waals surface area (Å²) in [7, 11) is 0. The third-order valence-electron chi connectivity index (χ3n) is 3.73. The smallest absolute Gasteiger partial charge is 0.386 e. The van der Waals surface area contributed by atoms with Crippen molar-refractivity contribution in [3.05, 3.63) is 35.4 Å². The van der Waals surface area contributed by atoms with Gasteiger partial charge in [-0.2, -0.15) is 13.2 Å². The van der Waals surface area contributed by atoms with Crippen LogP contribution in [0.4, 0.5) is 13.2 Å². The Labute approximate surface area is 115 Å². The summed E-state index contributed by atoms with van der Waals surface area (Å²) < 4.78 is 37.8. The first kappa shape index (κ1) is 14.8. The first-order chi connectivity index (χ1) is 9.13. The maximum absolute atomic E-state index is 12.6. The molecule has 0 unspecified atom stereocenters. The van der Waals surface area contributed by atoms with E-state index in [1.807, 2.05) is 13.8 Å². The number of rotatable bonds is 2. The highest BCUT2D eigenvalue weighted by Gasteiger charge is 2.46. The van der Waals surface area contributed by atoms with Crippen molar-refractivity contribution in [1.82, 2.24) is 4.90 Å². The fraction of sp³-hybridized carbons (Fsp3) is 0.500. The highest BCUT2D eigenvalue weighted by Crippen LogP contribution is 2.32. The molecular weight excluding hydrogens is 271 g/mol. The molecule has 2 rings (SSSR count). The van der Waals surface area contributed by atoms with Gasteiger partial charge in [0.25, 0.3) is 5.91 Å². The molecule has 1 saturated heterocycles. The fourth-order valence-corrected chi connectivity index (χ4v) is 2.13. The molecule has 1 heterocycles. The Bertz CT molecular complexity index is 519. The van der Waals surface area contributed by atoms with Crippen LogP contribution in [0.25, 0.3) is 0 Å². The normalized spacial score (nSPS) is 18.1. The van der Waals surface area contributed by atoms with Crippen LogP contribution in [-0.4, -0.2) is 34.6 Å². The second-order valence-electron chi connectivity index (χ2n) is 5.50. The van der Waals surface area contributed by atoms with E-state index in [1.54, 1.807) is 0 Å². The largest absolute Gasteiger partial charge is 0.416 e. The van der Waals surface area contributed by atoms with E-state index < -0.39 is 23.2 Å². The van der Waals surface area contributed by atoms with Crippen LogP contribution in [0.5, 0.6) is 0 Å². The molecule has 3 nitrogen and oxygen atoms in total. The van der Waals surface area contributed by atoms with Crippen molar-refractivity contribution in [2.45, 2.75) is 25.6 Å². The summed E-state index contributed by atoms with van der Waals surface area (Å²) >= 11 is 0. The van der Waals surface area contributed by atoms with Gasteiger partial charge in [-0.1, -0.05) is 19.9 Å². The Morgan fingerprint density at radius 2 is 1.95 bits per heavy atom. The number of hydrogen-bond acceptors (Lipinski definition) is 2. The molecule has 6 heteroatoms. The van der Waals surface area contributed by atoms with Crippen LogP contribution in [0.15, 0.2) is 24.3 Å². The minimum atomic E-state index is -4.47. The van der Waals surface area contributed by atoms with Gasteiger partial charge in [0, 0.05) is 5.56 Å². The maximum Gasteiger partial charge on any atom is 0.416 e.